The summed E-state index contributed by atoms with van der Waals surface area (Å²) in [5, 5.41) is 8.77. The minimum atomic E-state index is -0.323. The van der Waals surface area contributed by atoms with Gasteiger partial charge in [-0.2, -0.15) is 0 Å². The lowest BCUT2D eigenvalue weighted by Gasteiger charge is -2.23. The van der Waals surface area contributed by atoms with Crippen LogP contribution >= 0.6 is 0 Å². The fraction of sp³-hybridized carbons (Fsp3) is 0.538. The molecular weight excluding hydrogens is 248 g/mol. The Morgan fingerprint density at radius 1 is 1.42 bits per heavy atom. The Kier molecular flexibility index (Phi) is 6.08. The Morgan fingerprint density at radius 2 is 2.16 bits per heavy atom. The summed E-state index contributed by atoms with van der Waals surface area (Å²) in [6, 6.07) is 3.19. The van der Waals surface area contributed by atoms with Crippen LogP contribution in [0, 0.1) is 0 Å². The van der Waals surface area contributed by atoms with Crippen LogP contribution in [0.4, 0.5) is 0 Å². The summed E-state index contributed by atoms with van der Waals surface area (Å²) in [6.07, 6.45) is 1.96. The molecule has 0 atom stereocenters. The molecule has 6 heteroatoms. The zero-order valence-electron chi connectivity index (χ0n) is 11.3. The summed E-state index contributed by atoms with van der Waals surface area (Å²) in [7, 11) is 1.56. The first kappa shape index (κ1) is 15.2. The molecule has 1 rings (SSSR count). The van der Waals surface area contributed by atoms with E-state index in [0.29, 0.717) is 19.5 Å². The van der Waals surface area contributed by atoms with Crippen LogP contribution in [0.15, 0.2) is 22.8 Å². The summed E-state index contributed by atoms with van der Waals surface area (Å²) < 4.78 is 5.00. The van der Waals surface area contributed by atoms with Crippen LogP contribution in [0.25, 0.3) is 0 Å². The molecule has 1 aromatic rings. The minimum Gasteiger partial charge on any atom is -0.459 e. The molecule has 1 N–H and O–H groups in total. The molecule has 6 nitrogen and oxygen atoms in total. The Bertz CT molecular complexity index is 403. The third kappa shape index (κ3) is 4.40. The second-order valence-electron chi connectivity index (χ2n) is 4.19. The van der Waals surface area contributed by atoms with E-state index in [-0.39, 0.29) is 30.7 Å². The predicted octanol–water partition coefficient (Wildman–Crippen LogP) is 0.582. The Hall–Kier alpha value is -1.82. The van der Waals surface area contributed by atoms with E-state index >= 15 is 0 Å². The maximum absolute atomic E-state index is 12.0. The van der Waals surface area contributed by atoms with Gasteiger partial charge in [-0.1, -0.05) is 0 Å². The highest BCUT2D eigenvalue weighted by atomic mass is 16.3. The van der Waals surface area contributed by atoms with Gasteiger partial charge in [-0.25, -0.2) is 0 Å². The standard InChI is InChI=1S/C13H20N2O4/c1-3-15(7-5-8-16)12(17)10-14(2)13(18)11-6-4-9-19-11/h4,6,9,16H,3,5,7-8,10H2,1-2H3. The fourth-order valence-corrected chi connectivity index (χ4v) is 1.68. The molecule has 0 aromatic carbocycles. The van der Waals surface area contributed by atoms with Crippen molar-refractivity contribution in [2.75, 3.05) is 33.3 Å². The highest BCUT2D eigenvalue weighted by molar-refractivity contribution is 5.94. The van der Waals surface area contributed by atoms with Gasteiger partial charge >= 0.3 is 0 Å². The second-order valence-corrected chi connectivity index (χ2v) is 4.19. The first-order chi connectivity index (χ1) is 9.10. The van der Waals surface area contributed by atoms with E-state index in [1.165, 1.54) is 11.2 Å². The summed E-state index contributed by atoms with van der Waals surface area (Å²) in [5.41, 5.74) is 0. The normalized spacial score (nSPS) is 10.3. The lowest BCUT2D eigenvalue weighted by molar-refractivity contribution is -0.131. The van der Waals surface area contributed by atoms with Gasteiger partial charge in [-0.05, 0) is 25.5 Å². The highest BCUT2D eigenvalue weighted by Gasteiger charge is 2.19. The summed E-state index contributed by atoms with van der Waals surface area (Å²) >= 11 is 0. The van der Waals surface area contributed by atoms with Gasteiger partial charge in [0.1, 0.15) is 0 Å². The van der Waals surface area contributed by atoms with Crippen molar-refractivity contribution in [3.8, 4) is 0 Å². The summed E-state index contributed by atoms with van der Waals surface area (Å²) in [5.74, 6) is -0.247. The van der Waals surface area contributed by atoms with Gasteiger partial charge in [-0.15, -0.1) is 0 Å². The predicted molar refractivity (Wildman–Crippen MR) is 69.6 cm³/mol. The largest absolute Gasteiger partial charge is 0.459 e. The fourth-order valence-electron chi connectivity index (χ4n) is 1.68. The van der Waals surface area contributed by atoms with Crippen molar-refractivity contribution in [2.45, 2.75) is 13.3 Å². The molecule has 0 fully saturated rings. The molecule has 0 spiro atoms. The first-order valence-electron chi connectivity index (χ1n) is 6.27. The third-order valence-corrected chi connectivity index (χ3v) is 2.77. The van der Waals surface area contributed by atoms with Gasteiger partial charge in [0.2, 0.25) is 5.91 Å². The SMILES string of the molecule is CCN(CCCO)C(=O)CN(C)C(=O)c1ccco1. The maximum atomic E-state index is 12.0. The van der Waals surface area contributed by atoms with Gasteiger partial charge in [-0.3, -0.25) is 9.59 Å². The van der Waals surface area contributed by atoms with Crippen molar-refractivity contribution in [3.05, 3.63) is 24.2 Å². The van der Waals surface area contributed by atoms with Crippen LogP contribution < -0.4 is 0 Å². The van der Waals surface area contributed by atoms with E-state index in [4.69, 9.17) is 9.52 Å². The van der Waals surface area contributed by atoms with Crippen LogP contribution in [-0.2, 0) is 4.79 Å². The van der Waals surface area contributed by atoms with E-state index in [2.05, 4.69) is 0 Å². The smallest absolute Gasteiger partial charge is 0.289 e. The van der Waals surface area contributed by atoms with Crippen LogP contribution in [0.2, 0.25) is 0 Å². The van der Waals surface area contributed by atoms with Crippen LogP contribution in [0.1, 0.15) is 23.9 Å². The molecule has 1 aromatic heterocycles. The van der Waals surface area contributed by atoms with Crippen molar-refractivity contribution in [3.63, 3.8) is 0 Å². The molecule has 0 saturated heterocycles. The molecule has 0 aliphatic carbocycles. The Balaban J connectivity index is 2.53. The number of aliphatic hydroxyl groups excluding tert-OH is 1. The molecule has 0 saturated carbocycles. The molecule has 106 valence electrons. The average molecular weight is 268 g/mol. The molecule has 0 radical (unpaired) electrons. The van der Waals surface area contributed by atoms with Crippen molar-refractivity contribution in [1.29, 1.82) is 0 Å². The van der Waals surface area contributed by atoms with E-state index in [9.17, 15) is 9.59 Å². The van der Waals surface area contributed by atoms with Crippen molar-refractivity contribution in [2.24, 2.45) is 0 Å². The lowest BCUT2D eigenvalue weighted by atomic mass is 10.3. The van der Waals surface area contributed by atoms with E-state index in [1.807, 2.05) is 6.92 Å². The zero-order valence-corrected chi connectivity index (χ0v) is 11.3. The quantitative estimate of drug-likeness (QED) is 0.785. The molecule has 0 aliphatic rings. The second kappa shape index (κ2) is 7.58. The van der Waals surface area contributed by atoms with Gasteiger partial charge in [0.05, 0.1) is 12.8 Å². The van der Waals surface area contributed by atoms with Crippen molar-refractivity contribution < 1.29 is 19.1 Å². The number of aliphatic hydroxyl groups is 1. The van der Waals surface area contributed by atoms with Gasteiger partial charge in [0.25, 0.3) is 5.91 Å². The molecular formula is C13H20N2O4. The molecule has 2 amide bonds. The third-order valence-electron chi connectivity index (χ3n) is 2.77. The molecule has 0 bridgehead atoms. The number of carbonyl (C=O) groups is 2. The Morgan fingerprint density at radius 3 is 2.68 bits per heavy atom. The highest BCUT2D eigenvalue weighted by Crippen LogP contribution is 2.04. The van der Waals surface area contributed by atoms with E-state index in [0.717, 1.165) is 0 Å². The van der Waals surface area contributed by atoms with Crippen molar-refractivity contribution in [1.82, 2.24) is 9.80 Å². The van der Waals surface area contributed by atoms with Crippen LogP contribution in [-0.4, -0.2) is 60.0 Å². The number of hydrogen-bond donors (Lipinski definition) is 1. The number of hydrogen-bond acceptors (Lipinski definition) is 4. The van der Waals surface area contributed by atoms with Gasteiger partial charge in [0, 0.05) is 26.7 Å². The molecule has 0 unspecified atom stereocenters. The number of furan rings is 1. The number of nitrogens with zero attached hydrogens (tertiary/aromatic N) is 2. The maximum Gasteiger partial charge on any atom is 0.289 e. The average Bonchev–Trinajstić information content (AvgIpc) is 2.92. The monoisotopic (exact) mass is 268 g/mol. The number of carbonyl (C=O) groups excluding carboxylic acids is 2. The van der Waals surface area contributed by atoms with Gasteiger partial charge in [0.15, 0.2) is 5.76 Å². The van der Waals surface area contributed by atoms with Crippen LogP contribution in [0.5, 0.6) is 0 Å². The minimum absolute atomic E-state index is 0.00119. The van der Waals surface area contributed by atoms with Crippen molar-refractivity contribution >= 4 is 11.8 Å². The van der Waals surface area contributed by atoms with Crippen LogP contribution in [0.3, 0.4) is 0 Å². The molecule has 1 heterocycles. The topological polar surface area (TPSA) is 74.0 Å². The number of rotatable bonds is 7. The zero-order chi connectivity index (χ0) is 14.3. The molecule has 19 heavy (non-hydrogen) atoms. The number of likely N-dealkylation sites (N-methyl/N-ethyl adjacent to an activating group) is 2. The lowest BCUT2D eigenvalue weighted by Crippen LogP contribution is -2.41. The molecule has 0 aliphatic heterocycles. The Labute approximate surface area is 112 Å². The summed E-state index contributed by atoms with van der Waals surface area (Å²) in [6.45, 7) is 2.96. The first-order valence-corrected chi connectivity index (χ1v) is 6.27. The van der Waals surface area contributed by atoms with E-state index in [1.54, 1.807) is 24.1 Å². The summed E-state index contributed by atoms with van der Waals surface area (Å²) in [4.78, 5) is 26.8. The number of amides is 2. The van der Waals surface area contributed by atoms with Gasteiger partial charge < -0.3 is 19.3 Å². The van der Waals surface area contributed by atoms with E-state index < -0.39 is 0 Å².